The first kappa shape index (κ1) is 11.4. The average molecular weight is 255 g/mol. The van der Waals surface area contributed by atoms with Crippen molar-refractivity contribution in [2.24, 2.45) is 0 Å². The van der Waals surface area contributed by atoms with Gasteiger partial charge in [0.2, 0.25) is 0 Å². The topological polar surface area (TPSA) is 34.1 Å². The molecule has 0 fully saturated rings. The molecule has 2 nitrogen and oxygen atoms in total. The van der Waals surface area contributed by atoms with E-state index in [4.69, 9.17) is 10.7 Å². The summed E-state index contributed by atoms with van der Waals surface area (Å²) in [5.74, 6) is 0. The zero-order valence-corrected chi connectivity index (χ0v) is 10.3. The van der Waals surface area contributed by atoms with Crippen LogP contribution in [0.2, 0.25) is 0 Å². The number of rotatable bonds is 2. The lowest BCUT2D eigenvalue weighted by molar-refractivity contribution is 0.610. The molecule has 0 aromatic carbocycles. The molecule has 0 aromatic rings. The predicted octanol–water partition coefficient (Wildman–Crippen LogP) is 3.28. The van der Waals surface area contributed by atoms with Crippen LogP contribution in [0, 0.1) is 0 Å². The molecule has 0 amide bonds. The zero-order chi connectivity index (χ0) is 11.8. The van der Waals surface area contributed by atoms with Crippen molar-refractivity contribution in [3.63, 3.8) is 0 Å². The summed E-state index contributed by atoms with van der Waals surface area (Å²) in [5.41, 5.74) is 2.65. The fraction of sp³-hybridized carbons (Fsp3) is 0.167. The molecular weight excluding hydrogens is 244 g/mol. The first-order valence-corrected chi connectivity index (χ1v) is 7.30. The Bertz CT molecular complexity index is 590. The molecule has 0 heterocycles. The molecule has 0 unspecified atom stereocenters. The lowest BCUT2D eigenvalue weighted by atomic mass is 10.1. The zero-order valence-electron chi connectivity index (χ0n) is 8.77. The summed E-state index contributed by atoms with van der Waals surface area (Å²) in [7, 11) is 1.75. The van der Waals surface area contributed by atoms with Gasteiger partial charge in [-0.05, 0) is 23.6 Å². The van der Waals surface area contributed by atoms with Gasteiger partial charge in [-0.2, -0.15) is 0 Å². The first-order valence-electron chi connectivity index (χ1n) is 4.99. The van der Waals surface area contributed by atoms with Crippen LogP contribution < -0.4 is 0 Å². The van der Waals surface area contributed by atoms with Gasteiger partial charge in [-0.3, -0.25) is 0 Å². The normalized spacial score (nSPS) is 11.9. The summed E-state index contributed by atoms with van der Waals surface area (Å²) in [4.78, 5) is 0.206. The Morgan fingerprint density at radius 2 is 1.75 bits per heavy atom. The summed E-state index contributed by atoms with van der Waals surface area (Å²) in [6.45, 7) is 1.99. The van der Waals surface area contributed by atoms with Gasteiger partial charge in [-0.25, -0.2) is 8.42 Å². The van der Waals surface area contributed by atoms with Crippen LogP contribution in [0.25, 0.3) is 11.1 Å². The van der Waals surface area contributed by atoms with Gasteiger partial charge < -0.3 is 0 Å². The van der Waals surface area contributed by atoms with Gasteiger partial charge in [0.15, 0.2) is 0 Å². The van der Waals surface area contributed by atoms with Crippen molar-refractivity contribution in [1.82, 2.24) is 0 Å². The maximum Gasteiger partial charge on any atom is 0.261 e. The minimum atomic E-state index is -3.68. The Kier molecular flexibility index (Phi) is 2.91. The predicted molar refractivity (Wildman–Crippen MR) is 65.5 cm³/mol. The van der Waals surface area contributed by atoms with Crippen molar-refractivity contribution < 1.29 is 8.42 Å². The number of halogens is 1. The van der Waals surface area contributed by atoms with Crippen LogP contribution in [0.3, 0.4) is 0 Å². The molecule has 2 aliphatic rings. The summed E-state index contributed by atoms with van der Waals surface area (Å²) >= 11 is 0. The van der Waals surface area contributed by atoms with E-state index < -0.39 is 9.05 Å². The second-order valence-electron chi connectivity index (χ2n) is 3.56. The van der Waals surface area contributed by atoms with Gasteiger partial charge >= 0.3 is 0 Å². The first-order chi connectivity index (χ1) is 7.54. The number of hydrogen-bond acceptors (Lipinski definition) is 2. The number of aryl methyl sites for hydroxylation is 1. The lowest BCUT2D eigenvalue weighted by Gasteiger charge is -1.97. The van der Waals surface area contributed by atoms with Crippen LogP contribution in [-0.4, -0.2) is 8.42 Å². The largest absolute Gasteiger partial charge is 0.261 e. The maximum atomic E-state index is 11.4. The van der Waals surface area contributed by atoms with Crippen molar-refractivity contribution in [1.29, 1.82) is 0 Å². The molecule has 0 radical (unpaired) electrons. The van der Waals surface area contributed by atoms with Crippen LogP contribution in [0.5, 0.6) is 0 Å². The maximum absolute atomic E-state index is 11.4. The average Bonchev–Trinajstić information content (AvgIpc) is 2.41. The van der Waals surface area contributed by atoms with Gasteiger partial charge in [0, 0.05) is 16.2 Å². The van der Waals surface area contributed by atoms with E-state index >= 15 is 0 Å². The molecule has 2 aliphatic carbocycles. The third-order valence-corrected chi connectivity index (χ3v) is 3.96. The third-order valence-electron chi connectivity index (χ3n) is 2.60. The molecule has 0 saturated heterocycles. The van der Waals surface area contributed by atoms with Crippen LogP contribution in [-0.2, 0) is 15.5 Å². The van der Waals surface area contributed by atoms with Gasteiger partial charge in [0.1, 0.15) is 0 Å². The van der Waals surface area contributed by atoms with Gasteiger partial charge in [0.25, 0.3) is 9.05 Å². The van der Waals surface area contributed by atoms with E-state index in [1.165, 1.54) is 0 Å². The highest BCUT2D eigenvalue weighted by atomic mass is 35.7. The quantitative estimate of drug-likeness (QED) is 0.771. The van der Waals surface area contributed by atoms with E-state index in [0.29, 0.717) is 5.56 Å². The monoisotopic (exact) mass is 254 g/mol. The van der Waals surface area contributed by atoms with Gasteiger partial charge in [0.05, 0.1) is 4.90 Å². The standard InChI is InChI=1S/C12H11ClO2S/c1-2-9-8-12(16(13,14)15)11-7-5-3-4-6-10(9)11/h3-8H,2H2,1H3. The van der Waals surface area contributed by atoms with Gasteiger partial charge in [-0.15, -0.1) is 0 Å². The van der Waals surface area contributed by atoms with Crippen molar-refractivity contribution in [3.8, 4) is 11.1 Å². The fourth-order valence-electron chi connectivity index (χ4n) is 1.85. The van der Waals surface area contributed by atoms with Crippen molar-refractivity contribution >= 4 is 19.7 Å². The van der Waals surface area contributed by atoms with Crippen LogP contribution in [0.4, 0.5) is 0 Å². The highest BCUT2D eigenvalue weighted by molar-refractivity contribution is 8.13. The molecule has 0 N–H and O–H groups in total. The highest BCUT2D eigenvalue weighted by Crippen LogP contribution is 2.36. The SMILES string of the molecule is CCc1cc(S(=O)(=O)Cl)c2cccccc1-2. The van der Waals surface area contributed by atoms with E-state index in [-0.39, 0.29) is 4.90 Å². The van der Waals surface area contributed by atoms with E-state index in [9.17, 15) is 8.42 Å². The Hall–Kier alpha value is -1.06. The van der Waals surface area contributed by atoms with Crippen LogP contribution in [0.15, 0.2) is 41.3 Å². The fourth-order valence-corrected chi connectivity index (χ4v) is 2.96. The molecule has 0 aliphatic heterocycles. The molecule has 0 atom stereocenters. The van der Waals surface area contributed by atoms with E-state index in [2.05, 4.69) is 0 Å². The Morgan fingerprint density at radius 1 is 1.12 bits per heavy atom. The van der Waals surface area contributed by atoms with Crippen molar-refractivity contribution in [2.75, 3.05) is 0 Å². The molecular formula is C12H11ClO2S. The molecule has 0 bridgehead atoms. The van der Waals surface area contributed by atoms with E-state index in [1.807, 2.05) is 31.2 Å². The minimum absolute atomic E-state index is 0.206. The van der Waals surface area contributed by atoms with Crippen molar-refractivity contribution in [3.05, 3.63) is 42.0 Å². The number of fused-ring (bicyclic) bond motifs is 1. The summed E-state index contributed by atoms with van der Waals surface area (Å²) in [6, 6.07) is 10.9. The summed E-state index contributed by atoms with van der Waals surface area (Å²) in [6.07, 6.45) is 0.785. The van der Waals surface area contributed by atoms with E-state index in [0.717, 1.165) is 17.5 Å². The third kappa shape index (κ3) is 1.93. The molecule has 0 spiro atoms. The number of hydrogen-bond donors (Lipinski definition) is 0. The Balaban J connectivity index is 2.82. The Labute approximate surface area is 99.6 Å². The highest BCUT2D eigenvalue weighted by Gasteiger charge is 2.21. The molecule has 2 rings (SSSR count). The van der Waals surface area contributed by atoms with Crippen LogP contribution >= 0.6 is 10.7 Å². The molecule has 16 heavy (non-hydrogen) atoms. The van der Waals surface area contributed by atoms with Gasteiger partial charge in [-0.1, -0.05) is 37.3 Å². The molecule has 0 aromatic heterocycles. The van der Waals surface area contributed by atoms with Crippen molar-refractivity contribution in [2.45, 2.75) is 18.2 Å². The summed E-state index contributed by atoms with van der Waals surface area (Å²) < 4.78 is 22.9. The lowest BCUT2D eigenvalue weighted by Crippen LogP contribution is -1.88. The smallest absolute Gasteiger partial charge is 0.207 e. The van der Waals surface area contributed by atoms with E-state index in [1.54, 1.807) is 12.1 Å². The Morgan fingerprint density at radius 3 is 2.31 bits per heavy atom. The second-order valence-corrected chi connectivity index (χ2v) is 6.10. The van der Waals surface area contributed by atoms with Crippen LogP contribution in [0.1, 0.15) is 12.5 Å². The minimum Gasteiger partial charge on any atom is -0.207 e. The second kappa shape index (κ2) is 4.07. The summed E-state index contributed by atoms with van der Waals surface area (Å²) in [5, 5.41) is 0. The molecule has 0 saturated carbocycles. The molecule has 84 valence electrons. The molecule has 4 heteroatoms.